The van der Waals surface area contributed by atoms with E-state index in [0.29, 0.717) is 6.54 Å². The van der Waals surface area contributed by atoms with Crippen molar-refractivity contribution in [3.05, 3.63) is 71.0 Å². The van der Waals surface area contributed by atoms with Gasteiger partial charge in [0.15, 0.2) is 0 Å². The largest absolute Gasteiger partial charge is 0.369 e. The molecule has 0 unspecified atom stereocenters. The summed E-state index contributed by atoms with van der Waals surface area (Å²) in [5.74, 6) is 0. The molecule has 0 N–H and O–H groups in total. The minimum atomic E-state index is -0.0660. The van der Waals surface area contributed by atoms with Gasteiger partial charge in [-0.3, -0.25) is 19.7 Å². The molecule has 7 heteroatoms. The minimum absolute atomic E-state index is 0.0660. The maximum absolute atomic E-state index is 12.2. The van der Waals surface area contributed by atoms with Crippen LogP contribution in [0, 0.1) is 6.92 Å². The smallest absolute Gasteiger partial charge is 0.266 e. The number of piperazine rings is 1. The van der Waals surface area contributed by atoms with Crippen LogP contribution in [0.15, 0.2) is 59.8 Å². The Morgan fingerprint density at radius 1 is 0.929 bits per heavy atom. The fraction of sp³-hybridized carbons (Fsp3) is 0.333. The van der Waals surface area contributed by atoms with Crippen LogP contribution >= 0.6 is 0 Å². The molecule has 3 aromatic heterocycles. The fourth-order valence-electron chi connectivity index (χ4n) is 3.48. The number of aryl methyl sites for hydroxylation is 1. The highest BCUT2D eigenvalue weighted by Gasteiger charge is 2.17. The first-order chi connectivity index (χ1) is 13.7. The molecule has 3 aromatic rings. The predicted molar refractivity (Wildman–Crippen MR) is 109 cm³/mol. The Labute approximate surface area is 164 Å². The van der Waals surface area contributed by atoms with E-state index >= 15 is 0 Å². The van der Waals surface area contributed by atoms with Crippen LogP contribution in [0.5, 0.6) is 0 Å². The quantitative estimate of drug-likeness (QED) is 0.677. The molecule has 1 aliphatic heterocycles. The van der Waals surface area contributed by atoms with Crippen LogP contribution in [0.25, 0.3) is 11.3 Å². The minimum Gasteiger partial charge on any atom is -0.369 e. The Kier molecular flexibility index (Phi) is 5.43. The Morgan fingerprint density at radius 3 is 2.46 bits per heavy atom. The number of hydrogen-bond donors (Lipinski definition) is 0. The van der Waals surface area contributed by atoms with Crippen LogP contribution in [0.4, 0.5) is 5.69 Å². The molecule has 0 amide bonds. The molecule has 28 heavy (non-hydrogen) atoms. The van der Waals surface area contributed by atoms with E-state index in [2.05, 4.69) is 37.0 Å². The molecule has 0 saturated carbocycles. The van der Waals surface area contributed by atoms with E-state index in [4.69, 9.17) is 0 Å². The van der Waals surface area contributed by atoms with Gasteiger partial charge in [-0.2, -0.15) is 5.10 Å². The second-order valence-electron chi connectivity index (χ2n) is 7.00. The van der Waals surface area contributed by atoms with Gasteiger partial charge in [-0.05, 0) is 37.3 Å². The Hall–Kier alpha value is -3.06. The zero-order valence-corrected chi connectivity index (χ0v) is 16.0. The lowest BCUT2D eigenvalue weighted by Crippen LogP contribution is -2.47. The lowest BCUT2D eigenvalue weighted by molar-refractivity contribution is 0.243. The number of anilines is 1. The first-order valence-corrected chi connectivity index (χ1v) is 9.57. The van der Waals surface area contributed by atoms with Gasteiger partial charge >= 0.3 is 0 Å². The standard InChI is InChI=1S/C21H24N6O/c1-17-16-19(6-9-23-17)26-13-10-25(11-14-26)12-15-27-21(28)3-2-20(24-27)18-4-7-22-8-5-18/h2-9,16H,10-15H2,1H3. The van der Waals surface area contributed by atoms with Crippen molar-refractivity contribution in [2.45, 2.75) is 13.5 Å². The van der Waals surface area contributed by atoms with Crippen LogP contribution in [0.3, 0.4) is 0 Å². The maximum atomic E-state index is 12.2. The third kappa shape index (κ3) is 4.26. The topological polar surface area (TPSA) is 67.2 Å². The second-order valence-corrected chi connectivity index (χ2v) is 7.00. The van der Waals surface area contributed by atoms with E-state index in [-0.39, 0.29) is 5.56 Å². The monoisotopic (exact) mass is 376 g/mol. The highest BCUT2D eigenvalue weighted by atomic mass is 16.1. The molecule has 1 aliphatic rings. The summed E-state index contributed by atoms with van der Waals surface area (Å²) in [4.78, 5) is 25.3. The Morgan fingerprint density at radius 2 is 1.71 bits per heavy atom. The second kappa shape index (κ2) is 8.31. The molecule has 4 heterocycles. The molecule has 144 valence electrons. The summed E-state index contributed by atoms with van der Waals surface area (Å²) >= 11 is 0. The summed E-state index contributed by atoms with van der Waals surface area (Å²) in [6, 6.07) is 11.4. The summed E-state index contributed by atoms with van der Waals surface area (Å²) in [5, 5.41) is 4.53. The normalized spacial score (nSPS) is 15.0. The predicted octanol–water partition coefficient (Wildman–Crippen LogP) is 1.83. The van der Waals surface area contributed by atoms with Gasteiger partial charge in [0.2, 0.25) is 0 Å². The van der Waals surface area contributed by atoms with Crippen LogP contribution in [0.1, 0.15) is 5.69 Å². The van der Waals surface area contributed by atoms with Gasteiger partial charge in [-0.15, -0.1) is 0 Å². The van der Waals surface area contributed by atoms with E-state index in [1.165, 1.54) is 5.69 Å². The van der Waals surface area contributed by atoms with Crippen LogP contribution in [-0.4, -0.2) is 57.4 Å². The molecule has 4 rings (SSSR count). The molecule has 0 spiro atoms. The molecule has 0 radical (unpaired) electrons. The third-order valence-corrected chi connectivity index (χ3v) is 5.09. The summed E-state index contributed by atoms with van der Waals surface area (Å²) in [5.41, 5.74) is 3.96. The van der Waals surface area contributed by atoms with Crippen molar-refractivity contribution in [3.63, 3.8) is 0 Å². The van der Waals surface area contributed by atoms with Crippen molar-refractivity contribution >= 4 is 5.69 Å². The first-order valence-electron chi connectivity index (χ1n) is 9.57. The SMILES string of the molecule is Cc1cc(N2CCN(CCn3nc(-c4ccncc4)ccc3=O)CC2)ccn1. The Balaban J connectivity index is 1.36. The zero-order valence-electron chi connectivity index (χ0n) is 16.0. The van der Waals surface area contributed by atoms with E-state index in [0.717, 1.165) is 49.7 Å². The van der Waals surface area contributed by atoms with Crippen molar-refractivity contribution in [1.29, 1.82) is 0 Å². The number of pyridine rings is 2. The summed E-state index contributed by atoms with van der Waals surface area (Å²) in [6.45, 7) is 7.32. The van der Waals surface area contributed by atoms with E-state index in [1.54, 1.807) is 29.2 Å². The van der Waals surface area contributed by atoms with Gasteiger partial charge in [0.1, 0.15) is 0 Å². The van der Waals surface area contributed by atoms with E-state index < -0.39 is 0 Å². The third-order valence-electron chi connectivity index (χ3n) is 5.09. The van der Waals surface area contributed by atoms with Gasteiger partial charge < -0.3 is 4.90 Å². The molecule has 0 bridgehead atoms. The van der Waals surface area contributed by atoms with Crippen LogP contribution in [-0.2, 0) is 6.54 Å². The van der Waals surface area contributed by atoms with Gasteiger partial charge in [0.25, 0.3) is 5.56 Å². The van der Waals surface area contributed by atoms with Crippen molar-refractivity contribution in [1.82, 2.24) is 24.6 Å². The van der Waals surface area contributed by atoms with Crippen LogP contribution in [0.2, 0.25) is 0 Å². The molecule has 0 atom stereocenters. The lowest BCUT2D eigenvalue weighted by atomic mass is 10.2. The lowest BCUT2D eigenvalue weighted by Gasteiger charge is -2.36. The van der Waals surface area contributed by atoms with Crippen molar-refractivity contribution in [2.75, 3.05) is 37.6 Å². The Bertz CT molecular complexity index is 979. The van der Waals surface area contributed by atoms with E-state index in [9.17, 15) is 4.79 Å². The zero-order chi connectivity index (χ0) is 19.3. The number of aromatic nitrogens is 4. The summed E-state index contributed by atoms with van der Waals surface area (Å²) in [6.07, 6.45) is 5.33. The van der Waals surface area contributed by atoms with Crippen molar-refractivity contribution in [2.24, 2.45) is 0 Å². The fourth-order valence-corrected chi connectivity index (χ4v) is 3.48. The van der Waals surface area contributed by atoms with Gasteiger partial charge in [0, 0.05) is 74.3 Å². The summed E-state index contributed by atoms with van der Waals surface area (Å²) < 4.78 is 1.56. The number of nitrogens with zero attached hydrogens (tertiary/aromatic N) is 6. The molecular weight excluding hydrogens is 352 g/mol. The summed E-state index contributed by atoms with van der Waals surface area (Å²) in [7, 11) is 0. The van der Waals surface area contributed by atoms with Gasteiger partial charge in [-0.25, -0.2) is 4.68 Å². The molecular formula is C21H24N6O. The van der Waals surface area contributed by atoms with Crippen molar-refractivity contribution in [3.8, 4) is 11.3 Å². The van der Waals surface area contributed by atoms with Gasteiger partial charge in [-0.1, -0.05) is 0 Å². The average molecular weight is 376 g/mol. The van der Waals surface area contributed by atoms with Crippen molar-refractivity contribution < 1.29 is 0 Å². The number of hydrogen-bond acceptors (Lipinski definition) is 6. The van der Waals surface area contributed by atoms with Crippen LogP contribution < -0.4 is 10.5 Å². The van der Waals surface area contributed by atoms with Gasteiger partial charge in [0.05, 0.1) is 12.2 Å². The first kappa shape index (κ1) is 18.3. The highest BCUT2D eigenvalue weighted by Crippen LogP contribution is 2.16. The highest BCUT2D eigenvalue weighted by molar-refractivity contribution is 5.57. The molecule has 7 nitrogen and oxygen atoms in total. The molecule has 0 aliphatic carbocycles. The number of rotatable bonds is 5. The molecule has 1 saturated heterocycles. The molecule has 1 fully saturated rings. The maximum Gasteiger partial charge on any atom is 0.266 e. The van der Waals surface area contributed by atoms with E-state index in [1.807, 2.05) is 25.3 Å². The molecule has 0 aromatic carbocycles. The average Bonchev–Trinajstić information content (AvgIpc) is 2.74.